The van der Waals surface area contributed by atoms with E-state index >= 15 is 0 Å². The Kier molecular flexibility index (Phi) is 50.9. The molecule has 0 rings (SSSR count). The Morgan fingerprint density at radius 2 is 0.662 bits per heavy atom. The molecule has 0 bridgehead atoms. The molecule has 374 valence electrons. The number of ether oxygens (including phenoxy) is 3. The van der Waals surface area contributed by atoms with Crippen LogP contribution in [-0.4, -0.2) is 37.2 Å². The Labute approximate surface area is 402 Å². The molecule has 0 saturated heterocycles. The standard InChI is InChI=1S/C59H102O6/c1-4-7-10-13-16-19-22-25-28-29-32-34-37-40-43-46-49-52-58(61)64-55-56(65-59(62)53-50-47-44-41-38-35-31-27-24-21-18-15-12-9-6-3)54-63-57(60)51-48-45-42-39-36-33-30-26-23-20-17-14-11-8-5-2/h9,12,15-16,18-19,21,24-25,27-28,31,56H,4-8,10-11,13-14,17,20,22-23,26,29-30,32-55H2,1-3H3/b12-9-,18-15-,19-16-,24-21-,28-25-,31-27-. The van der Waals surface area contributed by atoms with E-state index in [1.54, 1.807) is 0 Å². The fourth-order valence-electron chi connectivity index (χ4n) is 7.66. The number of hydrogen-bond acceptors (Lipinski definition) is 6. The molecule has 0 aromatic rings. The molecule has 0 radical (unpaired) electrons. The Hall–Kier alpha value is -3.15. The second-order valence-corrected chi connectivity index (χ2v) is 18.2. The van der Waals surface area contributed by atoms with Gasteiger partial charge in [0.15, 0.2) is 6.10 Å². The molecule has 1 unspecified atom stereocenters. The minimum absolute atomic E-state index is 0.0859. The van der Waals surface area contributed by atoms with Crippen LogP contribution >= 0.6 is 0 Å². The van der Waals surface area contributed by atoms with E-state index in [2.05, 4.69) is 75.5 Å². The summed E-state index contributed by atoms with van der Waals surface area (Å²) >= 11 is 0. The summed E-state index contributed by atoms with van der Waals surface area (Å²) in [6.45, 7) is 6.47. The van der Waals surface area contributed by atoms with Crippen molar-refractivity contribution in [1.82, 2.24) is 0 Å². The van der Waals surface area contributed by atoms with Gasteiger partial charge in [0.05, 0.1) is 0 Å². The maximum Gasteiger partial charge on any atom is 0.306 e. The molecule has 0 amide bonds. The van der Waals surface area contributed by atoms with Gasteiger partial charge in [-0.05, 0) is 70.6 Å². The molecule has 0 aliphatic heterocycles. The van der Waals surface area contributed by atoms with Crippen LogP contribution in [0.5, 0.6) is 0 Å². The number of carbonyl (C=O) groups excluding carboxylic acids is 3. The highest BCUT2D eigenvalue weighted by Crippen LogP contribution is 2.16. The normalized spacial score (nSPS) is 12.6. The summed E-state index contributed by atoms with van der Waals surface area (Å²) in [7, 11) is 0. The minimum Gasteiger partial charge on any atom is -0.462 e. The van der Waals surface area contributed by atoms with E-state index in [4.69, 9.17) is 14.2 Å². The van der Waals surface area contributed by atoms with Crippen molar-refractivity contribution in [2.45, 2.75) is 271 Å². The predicted molar refractivity (Wildman–Crippen MR) is 279 cm³/mol. The third kappa shape index (κ3) is 51.7. The van der Waals surface area contributed by atoms with Crippen molar-refractivity contribution in [3.63, 3.8) is 0 Å². The van der Waals surface area contributed by atoms with Crippen molar-refractivity contribution in [2.75, 3.05) is 13.2 Å². The number of esters is 3. The van der Waals surface area contributed by atoms with Crippen LogP contribution in [0.15, 0.2) is 72.9 Å². The maximum atomic E-state index is 12.8. The average molecular weight is 907 g/mol. The van der Waals surface area contributed by atoms with Crippen LogP contribution in [0.4, 0.5) is 0 Å². The van der Waals surface area contributed by atoms with Crippen molar-refractivity contribution in [1.29, 1.82) is 0 Å². The summed E-state index contributed by atoms with van der Waals surface area (Å²) in [5.41, 5.74) is 0. The van der Waals surface area contributed by atoms with Gasteiger partial charge in [-0.25, -0.2) is 0 Å². The van der Waals surface area contributed by atoms with E-state index in [-0.39, 0.29) is 31.1 Å². The zero-order valence-corrected chi connectivity index (χ0v) is 42.7. The quantitative estimate of drug-likeness (QED) is 0.0199. The van der Waals surface area contributed by atoms with Crippen molar-refractivity contribution < 1.29 is 28.6 Å². The highest BCUT2D eigenvalue weighted by molar-refractivity contribution is 5.71. The van der Waals surface area contributed by atoms with Gasteiger partial charge in [0, 0.05) is 19.3 Å². The molecule has 65 heavy (non-hydrogen) atoms. The van der Waals surface area contributed by atoms with Crippen LogP contribution in [0.2, 0.25) is 0 Å². The molecule has 1 atom stereocenters. The fraction of sp³-hybridized carbons (Fsp3) is 0.746. The highest BCUT2D eigenvalue weighted by Gasteiger charge is 2.19. The molecular weight excluding hydrogens is 805 g/mol. The molecule has 6 heteroatoms. The SMILES string of the molecule is CC\C=C/C=C\C=C/C=C\CCCCCCCC(=O)OC(COC(=O)CCCCCCCCC/C=C\C/C=C\CCCCC)COC(=O)CCCCCCCCCCCCCCCCC. The molecule has 0 aliphatic rings. The number of unbranched alkanes of at least 4 members (excludes halogenated alkanes) is 29. The van der Waals surface area contributed by atoms with Crippen molar-refractivity contribution in [3.8, 4) is 0 Å². The van der Waals surface area contributed by atoms with Crippen LogP contribution in [0.25, 0.3) is 0 Å². The Morgan fingerprint density at radius 3 is 1.09 bits per heavy atom. The van der Waals surface area contributed by atoms with Gasteiger partial charge in [-0.3, -0.25) is 14.4 Å². The van der Waals surface area contributed by atoms with Crippen molar-refractivity contribution in [3.05, 3.63) is 72.9 Å². The van der Waals surface area contributed by atoms with Gasteiger partial charge in [-0.2, -0.15) is 0 Å². The zero-order chi connectivity index (χ0) is 47.2. The van der Waals surface area contributed by atoms with Gasteiger partial charge in [-0.1, -0.05) is 248 Å². The Balaban J connectivity index is 4.42. The fourth-order valence-corrected chi connectivity index (χ4v) is 7.66. The summed E-state index contributed by atoms with van der Waals surface area (Å²) in [4.78, 5) is 38.1. The van der Waals surface area contributed by atoms with Gasteiger partial charge >= 0.3 is 17.9 Å². The van der Waals surface area contributed by atoms with Gasteiger partial charge in [-0.15, -0.1) is 0 Å². The van der Waals surface area contributed by atoms with Crippen molar-refractivity contribution >= 4 is 17.9 Å². The lowest BCUT2D eigenvalue weighted by atomic mass is 10.0. The first-order valence-electron chi connectivity index (χ1n) is 27.5. The van der Waals surface area contributed by atoms with Crippen LogP contribution < -0.4 is 0 Å². The smallest absolute Gasteiger partial charge is 0.306 e. The van der Waals surface area contributed by atoms with Gasteiger partial charge < -0.3 is 14.2 Å². The van der Waals surface area contributed by atoms with E-state index in [0.717, 1.165) is 96.3 Å². The molecule has 0 heterocycles. The van der Waals surface area contributed by atoms with Crippen molar-refractivity contribution in [2.24, 2.45) is 0 Å². The summed E-state index contributed by atoms with van der Waals surface area (Å²) in [5.74, 6) is -0.910. The molecule has 6 nitrogen and oxygen atoms in total. The third-order valence-electron chi connectivity index (χ3n) is 11.8. The average Bonchev–Trinajstić information content (AvgIpc) is 3.30. The lowest BCUT2D eigenvalue weighted by Crippen LogP contribution is -2.30. The van der Waals surface area contributed by atoms with Crippen LogP contribution in [0, 0.1) is 0 Å². The maximum absolute atomic E-state index is 12.8. The Morgan fingerprint density at radius 1 is 0.338 bits per heavy atom. The first-order chi connectivity index (χ1) is 32.0. The monoisotopic (exact) mass is 907 g/mol. The van der Waals surface area contributed by atoms with E-state index in [9.17, 15) is 14.4 Å². The first kappa shape index (κ1) is 61.9. The largest absolute Gasteiger partial charge is 0.462 e. The van der Waals surface area contributed by atoms with E-state index < -0.39 is 6.10 Å². The zero-order valence-electron chi connectivity index (χ0n) is 42.7. The number of rotatable bonds is 49. The van der Waals surface area contributed by atoms with E-state index in [0.29, 0.717) is 19.3 Å². The number of hydrogen-bond donors (Lipinski definition) is 0. The second-order valence-electron chi connectivity index (χ2n) is 18.2. The summed E-state index contributed by atoms with van der Waals surface area (Å²) in [6.07, 6.45) is 67.4. The lowest BCUT2D eigenvalue weighted by molar-refractivity contribution is -0.167. The minimum atomic E-state index is -0.789. The second kappa shape index (κ2) is 53.5. The molecule has 0 aromatic carbocycles. The molecule has 0 aromatic heterocycles. The van der Waals surface area contributed by atoms with E-state index in [1.165, 1.54) is 128 Å². The van der Waals surface area contributed by atoms with Gasteiger partial charge in [0.2, 0.25) is 0 Å². The molecule has 0 fully saturated rings. The molecular formula is C59H102O6. The Bertz CT molecular complexity index is 1230. The predicted octanol–water partition coefficient (Wildman–Crippen LogP) is 18.2. The lowest BCUT2D eigenvalue weighted by Gasteiger charge is -2.18. The summed E-state index contributed by atoms with van der Waals surface area (Å²) < 4.78 is 16.8. The molecule has 0 aliphatic carbocycles. The highest BCUT2D eigenvalue weighted by atomic mass is 16.6. The number of allylic oxidation sites excluding steroid dienone is 12. The van der Waals surface area contributed by atoms with Gasteiger partial charge in [0.1, 0.15) is 13.2 Å². The molecule has 0 spiro atoms. The molecule has 0 saturated carbocycles. The number of carbonyl (C=O) groups is 3. The summed E-state index contributed by atoms with van der Waals surface area (Å²) in [6, 6.07) is 0. The van der Waals surface area contributed by atoms with Crippen LogP contribution in [0.3, 0.4) is 0 Å². The van der Waals surface area contributed by atoms with Crippen LogP contribution in [-0.2, 0) is 28.6 Å². The van der Waals surface area contributed by atoms with Crippen LogP contribution in [0.1, 0.15) is 265 Å². The van der Waals surface area contributed by atoms with E-state index in [1.807, 2.05) is 18.2 Å². The molecule has 0 N–H and O–H groups in total. The van der Waals surface area contributed by atoms with Gasteiger partial charge in [0.25, 0.3) is 0 Å². The summed E-state index contributed by atoms with van der Waals surface area (Å²) in [5, 5.41) is 0. The first-order valence-corrected chi connectivity index (χ1v) is 27.5. The third-order valence-corrected chi connectivity index (χ3v) is 11.8. The topological polar surface area (TPSA) is 78.9 Å².